The van der Waals surface area contributed by atoms with E-state index in [1.165, 1.54) is 6.08 Å². The molecular formula is C26H23BrN2O3. The molecule has 0 bridgehead atoms. The van der Waals surface area contributed by atoms with Gasteiger partial charge in [0, 0.05) is 11.0 Å². The van der Waals surface area contributed by atoms with Gasteiger partial charge in [0.15, 0.2) is 11.5 Å². The maximum Gasteiger partial charge on any atom is 0.262 e. The predicted octanol–water partition coefficient (Wildman–Crippen LogP) is 5.57. The number of rotatable bonds is 8. The van der Waals surface area contributed by atoms with E-state index in [9.17, 15) is 10.1 Å². The first-order valence-electron chi connectivity index (χ1n) is 10.00. The SMILES string of the molecule is COc1cc(/C=C(/C#N)C(=O)NCc2ccccc2)c(Br)cc1OCc1cccc(C)c1. The van der Waals surface area contributed by atoms with Crippen molar-refractivity contribution in [2.24, 2.45) is 0 Å². The molecule has 5 nitrogen and oxygen atoms in total. The van der Waals surface area contributed by atoms with Crippen LogP contribution in [0.15, 0.2) is 76.8 Å². The van der Waals surface area contributed by atoms with Gasteiger partial charge in [-0.1, -0.05) is 76.1 Å². The predicted molar refractivity (Wildman–Crippen MR) is 128 cm³/mol. The molecule has 0 aliphatic carbocycles. The Morgan fingerprint density at radius 2 is 1.81 bits per heavy atom. The number of hydrogen-bond acceptors (Lipinski definition) is 4. The molecule has 0 fully saturated rings. The van der Waals surface area contributed by atoms with Crippen LogP contribution in [0.5, 0.6) is 11.5 Å². The minimum Gasteiger partial charge on any atom is -0.493 e. The second-order valence-corrected chi connectivity index (χ2v) is 7.99. The first kappa shape index (κ1) is 23.1. The van der Waals surface area contributed by atoms with E-state index in [1.807, 2.05) is 61.5 Å². The Kier molecular flexibility index (Phi) is 8.07. The second kappa shape index (κ2) is 11.2. The van der Waals surface area contributed by atoms with E-state index in [4.69, 9.17) is 9.47 Å². The summed E-state index contributed by atoms with van der Waals surface area (Å²) < 4.78 is 12.1. The number of methoxy groups -OCH3 is 1. The molecule has 3 aromatic carbocycles. The first-order chi connectivity index (χ1) is 15.5. The third-order valence-electron chi connectivity index (χ3n) is 4.72. The lowest BCUT2D eigenvalue weighted by Crippen LogP contribution is -2.23. The minimum atomic E-state index is -0.443. The Labute approximate surface area is 196 Å². The maximum atomic E-state index is 12.5. The van der Waals surface area contributed by atoms with Crippen molar-refractivity contribution < 1.29 is 14.3 Å². The van der Waals surface area contributed by atoms with Gasteiger partial charge in [-0.05, 0) is 41.8 Å². The average Bonchev–Trinajstić information content (AvgIpc) is 2.81. The van der Waals surface area contributed by atoms with Gasteiger partial charge < -0.3 is 14.8 Å². The van der Waals surface area contributed by atoms with Crippen LogP contribution in [-0.2, 0) is 17.9 Å². The van der Waals surface area contributed by atoms with Crippen LogP contribution in [-0.4, -0.2) is 13.0 Å². The van der Waals surface area contributed by atoms with Crippen molar-refractivity contribution in [1.82, 2.24) is 5.32 Å². The number of nitrogens with zero attached hydrogens (tertiary/aromatic N) is 1. The molecule has 162 valence electrons. The topological polar surface area (TPSA) is 71.3 Å². The number of benzene rings is 3. The van der Waals surface area contributed by atoms with Gasteiger partial charge in [0.25, 0.3) is 5.91 Å². The van der Waals surface area contributed by atoms with Crippen LogP contribution in [0.2, 0.25) is 0 Å². The summed E-state index contributed by atoms with van der Waals surface area (Å²) in [4.78, 5) is 12.5. The summed E-state index contributed by atoms with van der Waals surface area (Å²) in [5.41, 5.74) is 3.80. The van der Waals surface area contributed by atoms with Crippen molar-refractivity contribution in [3.05, 3.63) is 99.0 Å². The lowest BCUT2D eigenvalue weighted by atomic mass is 10.1. The Hall–Kier alpha value is -3.56. The molecule has 0 aliphatic heterocycles. The van der Waals surface area contributed by atoms with E-state index in [1.54, 1.807) is 19.2 Å². The highest BCUT2D eigenvalue weighted by molar-refractivity contribution is 9.10. The minimum absolute atomic E-state index is 0.00267. The van der Waals surface area contributed by atoms with Crippen molar-refractivity contribution in [1.29, 1.82) is 5.26 Å². The summed E-state index contributed by atoms with van der Waals surface area (Å²) >= 11 is 3.51. The number of ether oxygens (including phenoxy) is 2. The van der Waals surface area contributed by atoms with Gasteiger partial charge in [0.05, 0.1) is 7.11 Å². The monoisotopic (exact) mass is 490 g/mol. The molecule has 0 unspecified atom stereocenters. The molecule has 32 heavy (non-hydrogen) atoms. The van der Waals surface area contributed by atoms with Crippen LogP contribution < -0.4 is 14.8 Å². The third kappa shape index (κ3) is 6.22. The van der Waals surface area contributed by atoms with Crippen molar-refractivity contribution in [3.63, 3.8) is 0 Å². The number of carbonyl (C=O) groups excluding carboxylic acids is 1. The fraction of sp³-hybridized carbons (Fsp3) is 0.154. The normalized spacial score (nSPS) is 10.9. The summed E-state index contributed by atoms with van der Waals surface area (Å²) in [6, 6.07) is 23.1. The number of carbonyl (C=O) groups is 1. The van der Waals surface area contributed by atoms with Gasteiger partial charge in [-0.3, -0.25) is 4.79 Å². The fourth-order valence-corrected chi connectivity index (χ4v) is 3.51. The van der Waals surface area contributed by atoms with Crippen LogP contribution in [0, 0.1) is 18.3 Å². The first-order valence-corrected chi connectivity index (χ1v) is 10.8. The largest absolute Gasteiger partial charge is 0.493 e. The molecule has 1 N–H and O–H groups in total. The highest BCUT2D eigenvalue weighted by Gasteiger charge is 2.14. The third-order valence-corrected chi connectivity index (χ3v) is 5.41. The summed E-state index contributed by atoms with van der Waals surface area (Å²) in [5, 5.41) is 12.3. The fourth-order valence-electron chi connectivity index (χ4n) is 3.07. The number of aryl methyl sites for hydroxylation is 1. The van der Waals surface area contributed by atoms with Gasteiger partial charge in [-0.15, -0.1) is 0 Å². The highest BCUT2D eigenvalue weighted by Crippen LogP contribution is 2.35. The zero-order valence-corrected chi connectivity index (χ0v) is 19.5. The Morgan fingerprint density at radius 3 is 2.50 bits per heavy atom. The van der Waals surface area contributed by atoms with Gasteiger partial charge >= 0.3 is 0 Å². The summed E-state index contributed by atoms with van der Waals surface area (Å²) in [5.74, 6) is 0.626. The molecule has 0 radical (unpaired) electrons. The van der Waals surface area contributed by atoms with Crippen LogP contribution in [0.3, 0.4) is 0 Å². The molecule has 3 aromatic rings. The molecule has 0 aliphatic rings. The van der Waals surface area contributed by atoms with Crippen LogP contribution in [0.25, 0.3) is 6.08 Å². The van der Waals surface area contributed by atoms with E-state index in [0.717, 1.165) is 16.7 Å². The molecule has 6 heteroatoms. The van der Waals surface area contributed by atoms with Crippen molar-refractivity contribution >= 4 is 27.9 Å². The van der Waals surface area contributed by atoms with E-state index in [-0.39, 0.29) is 5.57 Å². The number of halogens is 1. The summed E-state index contributed by atoms with van der Waals surface area (Å²) in [6.07, 6.45) is 1.53. The molecular weight excluding hydrogens is 468 g/mol. The van der Waals surface area contributed by atoms with Gasteiger partial charge in [0.2, 0.25) is 0 Å². The van der Waals surface area contributed by atoms with E-state index < -0.39 is 5.91 Å². The highest BCUT2D eigenvalue weighted by atomic mass is 79.9. The van der Waals surface area contributed by atoms with Crippen molar-refractivity contribution in [3.8, 4) is 17.6 Å². The standard InChI is InChI=1S/C26H23BrN2O3/c1-18-7-6-10-20(11-18)17-32-25-14-23(27)21(13-24(25)31-2)12-22(15-28)26(30)29-16-19-8-4-3-5-9-19/h3-14H,16-17H2,1-2H3,(H,29,30)/b22-12-. The smallest absolute Gasteiger partial charge is 0.262 e. The maximum absolute atomic E-state index is 12.5. The molecule has 0 aromatic heterocycles. The van der Waals surface area contributed by atoms with Gasteiger partial charge in [0.1, 0.15) is 18.2 Å². The molecule has 0 saturated heterocycles. The Morgan fingerprint density at radius 1 is 1.06 bits per heavy atom. The average molecular weight is 491 g/mol. The molecule has 0 atom stereocenters. The summed E-state index contributed by atoms with van der Waals surface area (Å²) in [7, 11) is 1.55. The number of nitrogens with one attached hydrogen (secondary N) is 1. The van der Waals surface area contributed by atoms with E-state index in [2.05, 4.69) is 27.3 Å². The number of amides is 1. The Bertz CT molecular complexity index is 1170. The lowest BCUT2D eigenvalue weighted by Gasteiger charge is -2.13. The zero-order valence-electron chi connectivity index (χ0n) is 17.9. The van der Waals surface area contributed by atoms with Gasteiger partial charge in [-0.25, -0.2) is 0 Å². The van der Waals surface area contributed by atoms with Crippen LogP contribution in [0.1, 0.15) is 22.3 Å². The molecule has 3 rings (SSSR count). The zero-order chi connectivity index (χ0) is 22.9. The molecule has 0 heterocycles. The lowest BCUT2D eigenvalue weighted by molar-refractivity contribution is -0.117. The van der Waals surface area contributed by atoms with Crippen LogP contribution >= 0.6 is 15.9 Å². The second-order valence-electron chi connectivity index (χ2n) is 7.14. The number of nitriles is 1. The Balaban J connectivity index is 1.76. The summed E-state index contributed by atoms with van der Waals surface area (Å²) in [6.45, 7) is 2.77. The number of hydrogen-bond donors (Lipinski definition) is 1. The van der Waals surface area contributed by atoms with Crippen molar-refractivity contribution in [2.45, 2.75) is 20.1 Å². The van der Waals surface area contributed by atoms with Crippen molar-refractivity contribution in [2.75, 3.05) is 7.11 Å². The quantitative estimate of drug-likeness (QED) is 0.331. The molecule has 0 spiro atoms. The van der Waals surface area contributed by atoms with Crippen LogP contribution in [0.4, 0.5) is 0 Å². The van der Waals surface area contributed by atoms with Gasteiger partial charge in [-0.2, -0.15) is 5.26 Å². The molecule has 0 saturated carbocycles. The van der Waals surface area contributed by atoms with E-state index in [0.29, 0.717) is 34.7 Å². The van der Waals surface area contributed by atoms with E-state index >= 15 is 0 Å². The molecule has 1 amide bonds.